The van der Waals surface area contributed by atoms with Crippen molar-refractivity contribution in [1.82, 2.24) is 4.98 Å². The monoisotopic (exact) mass is 361 g/mol. The second-order valence-electron chi connectivity index (χ2n) is 6.81. The molecule has 1 aromatic carbocycles. The summed E-state index contributed by atoms with van der Waals surface area (Å²) in [6, 6.07) is 3.78. The van der Waals surface area contributed by atoms with Crippen molar-refractivity contribution in [2.75, 3.05) is 7.11 Å². The van der Waals surface area contributed by atoms with E-state index >= 15 is 0 Å². The third kappa shape index (κ3) is 2.35. The third-order valence-electron chi connectivity index (χ3n) is 5.40. The maximum absolute atomic E-state index is 12.8. The number of pyridine rings is 1. The largest absolute Gasteiger partial charge is 0.496 e. The molecular weight excluding hydrogens is 342 g/mol. The number of hydrogen-bond acceptors (Lipinski definition) is 4. The highest BCUT2D eigenvalue weighted by Crippen LogP contribution is 2.49. The lowest BCUT2D eigenvalue weighted by Crippen LogP contribution is -2.36. The quantitative estimate of drug-likeness (QED) is 0.673. The molecule has 2 aliphatic carbocycles. The molecule has 1 spiro atoms. The van der Waals surface area contributed by atoms with Gasteiger partial charge in [0.15, 0.2) is 11.6 Å². The number of carbonyl (C=O) groups excluding carboxylic acids is 2. The molecule has 0 amide bonds. The molecular formula is C22H19NO4. The molecule has 0 radical (unpaired) electrons. The predicted octanol–water partition coefficient (Wildman–Crippen LogP) is 3.02. The van der Waals surface area contributed by atoms with Crippen LogP contribution < -0.4 is 10.3 Å². The molecule has 0 bridgehead atoms. The van der Waals surface area contributed by atoms with Gasteiger partial charge in [-0.1, -0.05) is 24.3 Å². The summed E-state index contributed by atoms with van der Waals surface area (Å²) < 4.78 is 5.59. The van der Waals surface area contributed by atoms with Crippen LogP contribution in [0.5, 0.6) is 5.75 Å². The molecule has 0 unspecified atom stereocenters. The van der Waals surface area contributed by atoms with Gasteiger partial charge in [-0.05, 0) is 55.0 Å². The maximum Gasteiger partial charge on any atom is 0.260 e. The van der Waals surface area contributed by atoms with E-state index in [-0.39, 0.29) is 17.1 Å². The first-order valence-corrected chi connectivity index (χ1v) is 8.86. The molecule has 1 N–H and O–H groups in total. The predicted molar refractivity (Wildman–Crippen MR) is 104 cm³/mol. The summed E-state index contributed by atoms with van der Waals surface area (Å²) in [5.41, 5.74) is 0.584. The highest BCUT2D eigenvalue weighted by Gasteiger charge is 2.54. The third-order valence-corrected chi connectivity index (χ3v) is 5.40. The fraction of sp³-hybridized carbons (Fsp3) is 0.227. The number of methoxy groups -OCH3 is 1. The minimum Gasteiger partial charge on any atom is -0.496 e. The number of benzene rings is 1. The van der Waals surface area contributed by atoms with Crippen LogP contribution in [0, 0.1) is 0 Å². The van der Waals surface area contributed by atoms with Gasteiger partial charge in [-0.15, -0.1) is 0 Å². The van der Waals surface area contributed by atoms with Crippen LogP contribution in [0.1, 0.15) is 30.2 Å². The molecule has 0 aliphatic heterocycles. The Balaban J connectivity index is 2.01. The Hall–Kier alpha value is -3.21. The Bertz CT molecular complexity index is 1110. The van der Waals surface area contributed by atoms with Crippen molar-refractivity contribution < 1.29 is 14.3 Å². The van der Waals surface area contributed by atoms with E-state index < -0.39 is 5.41 Å². The molecule has 0 saturated heterocycles. The standard InChI is InChI=1S/C22H19NO4/c1-3-4-5-6-15-12-14-11-13-9-10-22(16(24)7-8-17(22)25)19(13)20(27-2)18(14)21(26)23-15/h3-8,11-12H,9-10H2,1-2H3,(H,23,26)/b4-3+,6-5+. The number of H-pyrrole nitrogens is 1. The van der Waals surface area contributed by atoms with Gasteiger partial charge in [-0.25, -0.2) is 0 Å². The van der Waals surface area contributed by atoms with Crippen LogP contribution in [-0.4, -0.2) is 23.7 Å². The van der Waals surface area contributed by atoms with Crippen LogP contribution in [0.25, 0.3) is 16.8 Å². The number of aromatic amines is 1. The summed E-state index contributed by atoms with van der Waals surface area (Å²) in [7, 11) is 1.47. The van der Waals surface area contributed by atoms with Crippen LogP contribution in [0.2, 0.25) is 0 Å². The number of aromatic nitrogens is 1. The maximum atomic E-state index is 12.8. The van der Waals surface area contributed by atoms with Gasteiger partial charge in [0.1, 0.15) is 11.2 Å². The van der Waals surface area contributed by atoms with Gasteiger partial charge in [-0.3, -0.25) is 14.4 Å². The first-order chi connectivity index (χ1) is 13.0. The number of allylic oxidation sites excluding steroid dienone is 5. The van der Waals surface area contributed by atoms with Crippen molar-refractivity contribution in [3.05, 3.63) is 69.7 Å². The lowest BCUT2D eigenvalue weighted by atomic mass is 9.77. The van der Waals surface area contributed by atoms with E-state index in [0.717, 1.165) is 10.9 Å². The van der Waals surface area contributed by atoms with Crippen molar-refractivity contribution in [2.45, 2.75) is 25.2 Å². The van der Waals surface area contributed by atoms with Crippen LogP contribution in [0.15, 0.2) is 47.3 Å². The van der Waals surface area contributed by atoms with E-state index in [4.69, 9.17) is 4.74 Å². The molecule has 0 saturated carbocycles. The molecule has 0 fully saturated rings. The van der Waals surface area contributed by atoms with Crippen LogP contribution >= 0.6 is 0 Å². The SMILES string of the molecule is C/C=C/C=C/c1cc2cc3c(c(OC)c2c(=O)[nH]1)C1(CC3)C(=O)C=CC1=O. The molecule has 27 heavy (non-hydrogen) atoms. The Morgan fingerprint density at radius 1 is 1.11 bits per heavy atom. The average molecular weight is 361 g/mol. The minimum atomic E-state index is -1.23. The van der Waals surface area contributed by atoms with Crippen LogP contribution in [0.4, 0.5) is 0 Å². The van der Waals surface area contributed by atoms with Crippen LogP contribution in [-0.2, 0) is 21.4 Å². The Morgan fingerprint density at radius 2 is 1.85 bits per heavy atom. The molecule has 1 heterocycles. The lowest BCUT2D eigenvalue weighted by molar-refractivity contribution is -0.128. The average Bonchev–Trinajstić information content (AvgIpc) is 3.17. The molecule has 4 rings (SSSR count). The van der Waals surface area contributed by atoms with Crippen molar-refractivity contribution in [3.63, 3.8) is 0 Å². The fourth-order valence-electron chi connectivity index (χ4n) is 4.21. The van der Waals surface area contributed by atoms with Crippen LogP contribution in [0.3, 0.4) is 0 Å². The summed E-state index contributed by atoms with van der Waals surface area (Å²) in [5.74, 6) is -0.131. The number of carbonyl (C=O) groups is 2. The zero-order valence-electron chi connectivity index (χ0n) is 15.2. The van der Waals surface area contributed by atoms with Gasteiger partial charge >= 0.3 is 0 Å². The molecule has 136 valence electrons. The summed E-state index contributed by atoms with van der Waals surface area (Å²) in [4.78, 5) is 40.8. The Morgan fingerprint density at radius 3 is 2.52 bits per heavy atom. The molecule has 5 nitrogen and oxygen atoms in total. The Labute approximate surface area is 156 Å². The zero-order valence-corrected chi connectivity index (χ0v) is 15.2. The van der Waals surface area contributed by atoms with Crippen molar-refractivity contribution in [3.8, 4) is 5.75 Å². The molecule has 5 heteroatoms. The highest BCUT2D eigenvalue weighted by molar-refractivity contribution is 6.28. The van der Waals surface area contributed by atoms with Crippen molar-refractivity contribution >= 4 is 28.4 Å². The second kappa shape index (κ2) is 6.20. The number of ether oxygens (including phenoxy) is 1. The molecule has 0 atom stereocenters. The summed E-state index contributed by atoms with van der Waals surface area (Å²) in [6.45, 7) is 1.91. The number of ketones is 2. The van der Waals surface area contributed by atoms with Gasteiger partial charge in [0, 0.05) is 11.3 Å². The van der Waals surface area contributed by atoms with E-state index in [0.29, 0.717) is 35.2 Å². The summed E-state index contributed by atoms with van der Waals surface area (Å²) in [5, 5.41) is 1.10. The van der Waals surface area contributed by atoms with E-state index in [1.807, 2.05) is 43.4 Å². The normalized spacial score (nSPS) is 17.9. The van der Waals surface area contributed by atoms with Gasteiger partial charge in [0.2, 0.25) is 0 Å². The number of nitrogens with one attached hydrogen (secondary N) is 1. The first-order valence-electron chi connectivity index (χ1n) is 8.86. The minimum absolute atomic E-state index is 0.230. The van der Waals surface area contributed by atoms with Gasteiger partial charge in [0.05, 0.1) is 12.5 Å². The molecule has 2 aromatic rings. The molecule has 1 aromatic heterocycles. The second-order valence-corrected chi connectivity index (χ2v) is 6.81. The Kier molecular flexibility index (Phi) is 3.95. The lowest BCUT2D eigenvalue weighted by Gasteiger charge is -2.24. The van der Waals surface area contributed by atoms with Crippen molar-refractivity contribution in [2.24, 2.45) is 0 Å². The highest BCUT2D eigenvalue weighted by atomic mass is 16.5. The van der Waals surface area contributed by atoms with Crippen molar-refractivity contribution in [1.29, 1.82) is 0 Å². The molecule has 2 aliphatic rings. The number of hydrogen-bond donors (Lipinski definition) is 1. The topological polar surface area (TPSA) is 76.2 Å². The number of fused-ring (bicyclic) bond motifs is 3. The van der Waals surface area contributed by atoms with Gasteiger partial charge in [-0.2, -0.15) is 0 Å². The van der Waals surface area contributed by atoms with E-state index in [9.17, 15) is 14.4 Å². The van der Waals surface area contributed by atoms with E-state index in [1.54, 1.807) is 0 Å². The van der Waals surface area contributed by atoms with E-state index in [1.165, 1.54) is 19.3 Å². The summed E-state index contributed by atoms with van der Waals surface area (Å²) >= 11 is 0. The zero-order chi connectivity index (χ0) is 19.2. The number of rotatable bonds is 3. The van der Waals surface area contributed by atoms with E-state index in [2.05, 4.69) is 4.98 Å². The number of aryl methyl sites for hydroxylation is 1. The van der Waals surface area contributed by atoms with Gasteiger partial charge in [0.25, 0.3) is 5.56 Å². The first kappa shape index (κ1) is 17.2. The smallest absolute Gasteiger partial charge is 0.260 e. The van der Waals surface area contributed by atoms with Gasteiger partial charge < -0.3 is 9.72 Å². The fourth-order valence-corrected chi connectivity index (χ4v) is 4.21. The summed E-state index contributed by atoms with van der Waals surface area (Å²) in [6.07, 6.45) is 11.1.